The number of hydrogen-bond donors (Lipinski definition) is 2. The first kappa shape index (κ1) is 18.6. The zero-order valence-electron chi connectivity index (χ0n) is 15.7. The maximum absolute atomic E-state index is 12.1. The molecule has 0 bridgehead atoms. The lowest BCUT2D eigenvalue weighted by atomic mass is 9.92. The van der Waals surface area contributed by atoms with Crippen molar-refractivity contribution in [3.63, 3.8) is 0 Å². The molecule has 0 saturated carbocycles. The number of carbonyl (C=O) groups excluding carboxylic acids is 1. The largest absolute Gasteiger partial charge is 0.356 e. The van der Waals surface area contributed by atoms with E-state index in [2.05, 4.69) is 51.4 Å². The first-order valence-corrected chi connectivity index (χ1v) is 9.71. The minimum absolute atomic E-state index is 0.164. The average Bonchev–Trinajstić information content (AvgIpc) is 3.16. The fraction of sp³-hybridized carbons (Fsp3) is 0.524. The summed E-state index contributed by atoms with van der Waals surface area (Å²) in [5.41, 5.74) is 3.78. The van der Waals surface area contributed by atoms with Crippen molar-refractivity contribution in [1.82, 2.24) is 20.2 Å². The van der Waals surface area contributed by atoms with Crippen LogP contribution in [-0.4, -0.2) is 47.0 Å². The maximum atomic E-state index is 12.1. The number of H-pyrrole nitrogens is 1. The molecule has 1 aromatic heterocycles. The van der Waals surface area contributed by atoms with E-state index in [1.807, 2.05) is 6.20 Å². The summed E-state index contributed by atoms with van der Waals surface area (Å²) in [5.74, 6) is 0.895. The van der Waals surface area contributed by atoms with E-state index in [1.54, 1.807) is 6.33 Å². The van der Waals surface area contributed by atoms with Gasteiger partial charge >= 0.3 is 0 Å². The van der Waals surface area contributed by atoms with Crippen LogP contribution in [0.15, 0.2) is 36.8 Å². The number of benzene rings is 1. The van der Waals surface area contributed by atoms with Gasteiger partial charge in [-0.2, -0.15) is 0 Å². The summed E-state index contributed by atoms with van der Waals surface area (Å²) in [6, 6.07) is 8.50. The third kappa shape index (κ3) is 5.99. The fourth-order valence-corrected chi connectivity index (χ4v) is 3.57. The number of nitrogens with one attached hydrogen (secondary N) is 2. The van der Waals surface area contributed by atoms with E-state index in [0.29, 0.717) is 13.0 Å². The number of nitrogens with zero attached hydrogens (tertiary/aromatic N) is 2. The second-order valence-electron chi connectivity index (χ2n) is 7.40. The lowest BCUT2D eigenvalue weighted by molar-refractivity contribution is -0.121. The average molecular weight is 354 g/mol. The summed E-state index contributed by atoms with van der Waals surface area (Å²) in [6.07, 6.45) is 8.66. The molecule has 2 heterocycles. The van der Waals surface area contributed by atoms with Crippen LogP contribution in [0.25, 0.3) is 0 Å². The molecular weight excluding hydrogens is 324 g/mol. The molecule has 0 spiro atoms. The van der Waals surface area contributed by atoms with Crippen LogP contribution in [0.1, 0.15) is 36.1 Å². The van der Waals surface area contributed by atoms with Crippen molar-refractivity contribution in [1.29, 1.82) is 0 Å². The van der Waals surface area contributed by atoms with Crippen LogP contribution in [0, 0.1) is 12.8 Å². The summed E-state index contributed by atoms with van der Waals surface area (Å²) in [4.78, 5) is 21.8. The van der Waals surface area contributed by atoms with Crippen molar-refractivity contribution >= 4 is 5.91 Å². The van der Waals surface area contributed by atoms with Crippen molar-refractivity contribution in [2.24, 2.45) is 5.92 Å². The SMILES string of the molecule is Cc1ccc(CCNC(=O)CCN2CCC(Cc3cnc[nH]3)CC2)cc1. The lowest BCUT2D eigenvalue weighted by Gasteiger charge is -2.31. The zero-order chi connectivity index (χ0) is 18.2. The van der Waals surface area contributed by atoms with Crippen LogP contribution in [0.2, 0.25) is 0 Å². The molecule has 0 atom stereocenters. The van der Waals surface area contributed by atoms with Gasteiger partial charge in [-0.15, -0.1) is 0 Å². The number of aromatic nitrogens is 2. The Balaban J connectivity index is 1.27. The van der Waals surface area contributed by atoms with Crippen molar-refractivity contribution in [2.75, 3.05) is 26.2 Å². The smallest absolute Gasteiger partial charge is 0.221 e. The zero-order valence-corrected chi connectivity index (χ0v) is 15.7. The number of aryl methyl sites for hydroxylation is 1. The number of imidazole rings is 1. The van der Waals surface area contributed by atoms with Gasteiger partial charge in [0.05, 0.1) is 6.33 Å². The van der Waals surface area contributed by atoms with Crippen molar-refractivity contribution in [3.8, 4) is 0 Å². The molecule has 26 heavy (non-hydrogen) atoms. The highest BCUT2D eigenvalue weighted by Crippen LogP contribution is 2.20. The van der Waals surface area contributed by atoms with E-state index in [1.165, 1.54) is 29.7 Å². The summed E-state index contributed by atoms with van der Waals surface area (Å²) in [7, 11) is 0. The van der Waals surface area contributed by atoms with Gasteiger partial charge in [0.15, 0.2) is 0 Å². The Hall–Kier alpha value is -2.14. The lowest BCUT2D eigenvalue weighted by Crippen LogP contribution is -2.37. The van der Waals surface area contributed by atoms with Gasteiger partial charge in [-0.05, 0) is 57.2 Å². The van der Waals surface area contributed by atoms with Crippen molar-refractivity contribution < 1.29 is 4.79 Å². The second kappa shape index (κ2) is 9.53. The third-order valence-corrected chi connectivity index (χ3v) is 5.28. The van der Waals surface area contributed by atoms with Gasteiger partial charge in [0, 0.05) is 31.4 Å². The van der Waals surface area contributed by atoms with E-state index in [0.717, 1.165) is 38.4 Å². The number of likely N-dealkylation sites (tertiary alicyclic amines) is 1. The molecule has 0 radical (unpaired) electrons. The van der Waals surface area contributed by atoms with Crippen LogP contribution < -0.4 is 5.32 Å². The number of hydrogen-bond acceptors (Lipinski definition) is 3. The highest BCUT2D eigenvalue weighted by atomic mass is 16.1. The number of piperidine rings is 1. The Bertz CT molecular complexity index is 658. The van der Waals surface area contributed by atoms with E-state index in [9.17, 15) is 4.79 Å². The summed E-state index contributed by atoms with van der Waals surface area (Å²) in [5, 5.41) is 3.05. The Morgan fingerprint density at radius 1 is 1.27 bits per heavy atom. The van der Waals surface area contributed by atoms with E-state index < -0.39 is 0 Å². The van der Waals surface area contributed by atoms with Crippen molar-refractivity contribution in [3.05, 3.63) is 53.6 Å². The molecule has 0 unspecified atom stereocenters. The maximum Gasteiger partial charge on any atom is 0.221 e. The van der Waals surface area contributed by atoms with Gasteiger partial charge in [-0.1, -0.05) is 29.8 Å². The monoisotopic (exact) mass is 354 g/mol. The molecule has 1 fully saturated rings. The number of aromatic amines is 1. The number of rotatable bonds is 8. The van der Waals surface area contributed by atoms with Gasteiger partial charge in [0.2, 0.25) is 5.91 Å². The molecule has 0 aliphatic carbocycles. The van der Waals surface area contributed by atoms with Crippen LogP contribution in [0.3, 0.4) is 0 Å². The summed E-state index contributed by atoms with van der Waals surface area (Å²) in [6.45, 7) is 5.86. The van der Waals surface area contributed by atoms with Gasteiger partial charge in [-0.3, -0.25) is 4.79 Å². The predicted octanol–water partition coefficient (Wildman–Crippen LogP) is 2.72. The Labute approximate surface area is 156 Å². The summed E-state index contributed by atoms with van der Waals surface area (Å²) >= 11 is 0. The van der Waals surface area contributed by atoms with E-state index in [-0.39, 0.29) is 5.91 Å². The summed E-state index contributed by atoms with van der Waals surface area (Å²) < 4.78 is 0. The predicted molar refractivity (Wildman–Crippen MR) is 104 cm³/mol. The molecule has 2 aromatic rings. The standard InChI is InChI=1S/C21H30N4O/c1-17-2-4-18(5-3-17)6-10-23-21(26)9-13-25-11-7-19(8-12-25)14-20-15-22-16-24-20/h2-5,15-16,19H,6-14H2,1H3,(H,22,24)(H,23,26). The molecule has 3 rings (SSSR count). The highest BCUT2D eigenvalue weighted by Gasteiger charge is 2.20. The fourth-order valence-electron chi connectivity index (χ4n) is 3.57. The Morgan fingerprint density at radius 3 is 2.73 bits per heavy atom. The highest BCUT2D eigenvalue weighted by molar-refractivity contribution is 5.76. The normalized spacial score (nSPS) is 15.9. The minimum atomic E-state index is 0.164. The van der Waals surface area contributed by atoms with Crippen LogP contribution in [0.4, 0.5) is 0 Å². The number of amides is 1. The topological polar surface area (TPSA) is 61.0 Å². The van der Waals surface area contributed by atoms with Gasteiger partial charge < -0.3 is 15.2 Å². The first-order valence-electron chi connectivity index (χ1n) is 9.71. The number of carbonyl (C=O) groups is 1. The quantitative estimate of drug-likeness (QED) is 0.766. The second-order valence-corrected chi connectivity index (χ2v) is 7.40. The van der Waals surface area contributed by atoms with Crippen LogP contribution in [-0.2, 0) is 17.6 Å². The van der Waals surface area contributed by atoms with E-state index >= 15 is 0 Å². The molecule has 2 N–H and O–H groups in total. The molecule has 1 saturated heterocycles. The van der Waals surface area contributed by atoms with E-state index in [4.69, 9.17) is 0 Å². The van der Waals surface area contributed by atoms with Crippen LogP contribution >= 0.6 is 0 Å². The molecule has 1 aliphatic rings. The molecule has 5 nitrogen and oxygen atoms in total. The first-order chi connectivity index (χ1) is 12.7. The van der Waals surface area contributed by atoms with Gasteiger partial charge in [0.1, 0.15) is 0 Å². The van der Waals surface area contributed by atoms with Gasteiger partial charge in [-0.25, -0.2) is 4.98 Å². The third-order valence-electron chi connectivity index (χ3n) is 5.28. The van der Waals surface area contributed by atoms with Crippen LogP contribution in [0.5, 0.6) is 0 Å². The molecule has 1 aliphatic heterocycles. The minimum Gasteiger partial charge on any atom is -0.356 e. The Morgan fingerprint density at radius 2 is 2.04 bits per heavy atom. The molecule has 5 heteroatoms. The van der Waals surface area contributed by atoms with Crippen molar-refractivity contribution in [2.45, 2.75) is 39.0 Å². The molecule has 1 aromatic carbocycles. The van der Waals surface area contributed by atoms with Gasteiger partial charge in [0.25, 0.3) is 0 Å². The molecule has 140 valence electrons. The Kier molecular flexibility index (Phi) is 6.83. The molecular formula is C21H30N4O. The molecule has 1 amide bonds.